The van der Waals surface area contributed by atoms with E-state index < -0.39 is 5.97 Å². The third kappa shape index (κ3) is 3.08. The van der Waals surface area contributed by atoms with Crippen molar-refractivity contribution in [2.45, 2.75) is 0 Å². The average Bonchev–Trinajstić information content (AvgIpc) is 2.37. The van der Waals surface area contributed by atoms with Gasteiger partial charge in [0.25, 0.3) is 0 Å². The Bertz CT molecular complexity index is 588. The van der Waals surface area contributed by atoms with Crippen molar-refractivity contribution in [3.05, 3.63) is 70.2 Å². The summed E-state index contributed by atoms with van der Waals surface area (Å²) in [5.74, 6) is -0.929. The summed E-state index contributed by atoms with van der Waals surface area (Å²) in [5.41, 5.74) is 1.84. The summed E-state index contributed by atoms with van der Waals surface area (Å²) >= 11 is 3.37. The first-order valence-corrected chi connectivity index (χ1v) is 6.22. The van der Waals surface area contributed by atoms with Crippen LogP contribution in [-0.4, -0.2) is 11.1 Å². The lowest BCUT2D eigenvalue weighted by atomic mass is 10.0. The van der Waals surface area contributed by atoms with Gasteiger partial charge in [0.2, 0.25) is 0 Å². The summed E-state index contributed by atoms with van der Waals surface area (Å²) < 4.78 is 0.925. The fraction of sp³-hybridized carbons (Fsp3) is 0. The first-order chi connectivity index (χ1) is 8.66. The summed E-state index contributed by atoms with van der Waals surface area (Å²) in [6.45, 7) is 0. The van der Waals surface area contributed by atoms with E-state index in [1.54, 1.807) is 18.2 Å². The normalized spacial score (nSPS) is 11.3. The highest BCUT2D eigenvalue weighted by molar-refractivity contribution is 9.10. The molecule has 0 saturated heterocycles. The Balaban J connectivity index is 2.46. The van der Waals surface area contributed by atoms with Crippen molar-refractivity contribution < 1.29 is 9.90 Å². The molecule has 2 aromatic carbocycles. The van der Waals surface area contributed by atoms with Gasteiger partial charge in [0.1, 0.15) is 0 Å². The van der Waals surface area contributed by atoms with Gasteiger partial charge in [-0.2, -0.15) is 0 Å². The maximum Gasteiger partial charge on any atom is 0.336 e. The Kier molecular flexibility index (Phi) is 3.95. The number of halogens is 1. The van der Waals surface area contributed by atoms with E-state index >= 15 is 0 Å². The van der Waals surface area contributed by atoms with E-state index in [0.29, 0.717) is 5.56 Å². The summed E-state index contributed by atoms with van der Waals surface area (Å²) in [5, 5.41) is 9.28. The van der Waals surface area contributed by atoms with Crippen LogP contribution >= 0.6 is 15.9 Å². The Hall–Kier alpha value is -1.87. The van der Waals surface area contributed by atoms with Crippen LogP contribution in [0.1, 0.15) is 11.1 Å². The van der Waals surface area contributed by atoms with Crippen LogP contribution in [0.5, 0.6) is 0 Å². The average molecular weight is 303 g/mol. The molecule has 2 rings (SSSR count). The number of rotatable bonds is 3. The minimum Gasteiger partial charge on any atom is -0.478 e. The van der Waals surface area contributed by atoms with Gasteiger partial charge >= 0.3 is 5.97 Å². The lowest BCUT2D eigenvalue weighted by Gasteiger charge is -2.03. The minimum atomic E-state index is -0.929. The number of carboxylic acids is 1. The first kappa shape index (κ1) is 12.6. The number of hydrogen-bond donors (Lipinski definition) is 1. The number of carbonyl (C=O) groups is 1. The molecule has 0 spiro atoms. The third-order valence-electron chi connectivity index (χ3n) is 2.47. The lowest BCUT2D eigenvalue weighted by Crippen LogP contribution is -1.99. The molecule has 0 aromatic heterocycles. The molecule has 0 unspecified atom stereocenters. The molecular weight excluding hydrogens is 292 g/mol. The molecule has 2 aromatic rings. The highest BCUT2D eigenvalue weighted by Gasteiger charge is 2.09. The molecular formula is C15H11BrO2. The minimum absolute atomic E-state index is 0.286. The predicted molar refractivity (Wildman–Crippen MR) is 76.1 cm³/mol. The number of aliphatic carboxylic acids is 1. The molecule has 0 aliphatic rings. The molecule has 0 saturated carbocycles. The Morgan fingerprint density at radius 1 is 1.06 bits per heavy atom. The van der Waals surface area contributed by atoms with Gasteiger partial charge in [-0.05, 0) is 29.3 Å². The largest absolute Gasteiger partial charge is 0.478 e. The van der Waals surface area contributed by atoms with E-state index in [0.717, 1.165) is 10.0 Å². The molecule has 3 heteroatoms. The topological polar surface area (TPSA) is 37.3 Å². The molecule has 0 fully saturated rings. The van der Waals surface area contributed by atoms with Gasteiger partial charge in [0, 0.05) is 4.47 Å². The molecule has 0 heterocycles. The SMILES string of the molecule is O=C(O)C(=Cc1cccc(Br)c1)c1ccccc1. The summed E-state index contributed by atoms with van der Waals surface area (Å²) in [6, 6.07) is 16.6. The summed E-state index contributed by atoms with van der Waals surface area (Å²) in [6.07, 6.45) is 1.67. The molecule has 1 N–H and O–H groups in total. The van der Waals surface area contributed by atoms with E-state index in [1.165, 1.54) is 0 Å². The van der Waals surface area contributed by atoms with Crippen molar-refractivity contribution in [2.24, 2.45) is 0 Å². The van der Waals surface area contributed by atoms with E-state index in [1.807, 2.05) is 42.5 Å². The first-order valence-electron chi connectivity index (χ1n) is 5.43. The third-order valence-corrected chi connectivity index (χ3v) is 2.97. The zero-order valence-electron chi connectivity index (χ0n) is 9.51. The Labute approximate surface area is 114 Å². The fourth-order valence-electron chi connectivity index (χ4n) is 1.65. The van der Waals surface area contributed by atoms with Crippen molar-refractivity contribution in [2.75, 3.05) is 0 Å². The zero-order valence-corrected chi connectivity index (χ0v) is 11.1. The number of hydrogen-bond acceptors (Lipinski definition) is 1. The van der Waals surface area contributed by atoms with Gasteiger partial charge in [-0.25, -0.2) is 4.79 Å². The summed E-state index contributed by atoms with van der Waals surface area (Å²) in [4.78, 5) is 11.3. The molecule has 0 amide bonds. The van der Waals surface area contributed by atoms with Crippen molar-refractivity contribution in [1.29, 1.82) is 0 Å². The van der Waals surface area contributed by atoms with Gasteiger partial charge < -0.3 is 5.11 Å². The van der Waals surface area contributed by atoms with Crippen LogP contribution in [0.4, 0.5) is 0 Å². The fourth-order valence-corrected chi connectivity index (χ4v) is 2.07. The highest BCUT2D eigenvalue weighted by Crippen LogP contribution is 2.20. The van der Waals surface area contributed by atoms with Crippen molar-refractivity contribution in [1.82, 2.24) is 0 Å². The summed E-state index contributed by atoms with van der Waals surface area (Å²) in [7, 11) is 0. The Morgan fingerprint density at radius 3 is 2.39 bits per heavy atom. The molecule has 0 radical (unpaired) electrons. The van der Waals surface area contributed by atoms with Gasteiger partial charge in [-0.3, -0.25) is 0 Å². The standard InChI is InChI=1S/C15H11BrO2/c16-13-8-4-5-11(9-13)10-14(15(17)18)12-6-2-1-3-7-12/h1-10H,(H,17,18). The van der Waals surface area contributed by atoms with Gasteiger partial charge in [-0.1, -0.05) is 58.4 Å². The van der Waals surface area contributed by atoms with Crippen LogP contribution < -0.4 is 0 Å². The molecule has 0 bridgehead atoms. The van der Waals surface area contributed by atoms with Crippen molar-refractivity contribution in [3.8, 4) is 0 Å². The lowest BCUT2D eigenvalue weighted by molar-refractivity contribution is -0.130. The highest BCUT2D eigenvalue weighted by atomic mass is 79.9. The monoisotopic (exact) mass is 302 g/mol. The molecule has 2 nitrogen and oxygen atoms in total. The van der Waals surface area contributed by atoms with E-state index in [4.69, 9.17) is 0 Å². The molecule has 90 valence electrons. The number of carboxylic acid groups (broad SMARTS) is 1. The number of benzene rings is 2. The second kappa shape index (κ2) is 5.65. The maximum atomic E-state index is 11.3. The van der Waals surface area contributed by atoms with Crippen LogP contribution in [0.25, 0.3) is 11.6 Å². The molecule has 18 heavy (non-hydrogen) atoms. The van der Waals surface area contributed by atoms with Gasteiger partial charge in [-0.15, -0.1) is 0 Å². The smallest absolute Gasteiger partial charge is 0.336 e. The van der Waals surface area contributed by atoms with Gasteiger partial charge in [0.05, 0.1) is 5.57 Å². The second-order valence-corrected chi connectivity index (χ2v) is 4.70. The Morgan fingerprint density at radius 2 is 1.78 bits per heavy atom. The molecule has 0 atom stereocenters. The van der Waals surface area contributed by atoms with Crippen molar-refractivity contribution >= 4 is 33.5 Å². The zero-order chi connectivity index (χ0) is 13.0. The van der Waals surface area contributed by atoms with Crippen LogP contribution in [0, 0.1) is 0 Å². The van der Waals surface area contributed by atoms with Crippen LogP contribution in [-0.2, 0) is 4.79 Å². The van der Waals surface area contributed by atoms with E-state index in [2.05, 4.69) is 15.9 Å². The second-order valence-electron chi connectivity index (χ2n) is 3.78. The van der Waals surface area contributed by atoms with Crippen molar-refractivity contribution in [3.63, 3.8) is 0 Å². The quantitative estimate of drug-likeness (QED) is 0.685. The van der Waals surface area contributed by atoms with Crippen LogP contribution in [0.3, 0.4) is 0 Å². The van der Waals surface area contributed by atoms with Gasteiger partial charge in [0.15, 0.2) is 0 Å². The molecule has 0 aliphatic heterocycles. The maximum absolute atomic E-state index is 11.3. The van der Waals surface area contributed by atoms with Crippen LogP contribution in [0.15, 0.2) is 59.1 Å². The molecule has 0 aliphatic carbocycles. The predicted octanol–water partition coefficient (Wildman–Crippen LogP) is 4.07. The van der Waals surface area contributed by atoms with E-state index in [-0.39, 0.29) is 5.57 Å². The van der Waals surface area contributed by atoms with Crippen LogP contribution in [0.2, 0.25) is 0 Å². The van der Waals surface area contributed by atoms with E-state index in [9.17, 15) is 9.90 Å².